The lowest BCUT2D eigenvalue weighted by atomic mass is 10.0. The predicted molar refractivity (Wildman–Crippen MR) is 136 cm³/mol. The average Bonchev–Trinajstić information content (AvgIpc) is 2.75. The zero-order valence-electron chi connectivity index (χ0n) is 17.2. The first-order valence-electron chi connectivity index (χ1n) is 10.1. The smallest absolute Gasteiger partial charge is 0.229 e. The van der Waals surface area contributed by atoms with Gasteiger partial charge in [-0.1, -0.05) is 62.5 Å². The largest absolute Gasteiger partial charge is 0.508 e. The van der Waals surface area contributed by atoms with Gasteiger partial charge in [-0.05, 0) is 66.6 Å². The van der Waals surface area contributed by atoms with E-state index >= 15 is 0 Å². The first-order chi connectivity index (χ1) is 14.9. The average molecular weight is 569 g/mol. The standard InChI is InChI=1S/C23H25Br2ClN4O/c1-15(10-17-12-19(31)7-8-20(17)25)13-27-22-21(26)14-28-23(30-22)29-18-6-2-4-16(11-18)5-3-9-24/h2,4,6-8,11-12,14-15,31H,3,5,9-10,13H2,1H3,(H2,27,28,29,30). The summed E-state index contributed by atoms with van der Waals surface area (Å²) in [6.45, 7) is 2.82. The van der Waals surface area contributed by atoms with Crippen LogP contribution in [0.1, 0.15) is 24.5 Å². The number of aryl methyl sites for hydroxylation is 1. The van der Waals surface area contributed by atoms with Crippen LogP contribution >= 0.6 is 43.5 Å². The lowest BCUT2D eigenvalue weighted by Crippen LogP contribution is -2.15. The number of nitrogens with one attached hydrogen (secondary N) is 2. The number of phenolic OH excluding ortho intramolecular Hbond substituents is 1. The normalized spacial score (nSPS) is 11.9. The molecule has 8 heteroatoms. The molecule has 1 unspecified atom stereocenters. The van der Waals surface area contributed by atoms with Crippen molar-refractivity contribution in [2.45, 2.75) is 26.2 Å². The molecule has 0 aliphatic rings. The highest BCUT2D eigenvalue weighted by Gasteiger charge is 2.11. The van der Waals surface area contributed by atoms with Crippen LogP contribution in [0.25, 0.3) is 0 Å². The SMILES string of the molecule is CC(CNc1nc(Nc2cccc(CCCBr)c2)ncc1Cl)Cc1cc(O)ccc1Br. The summed E-state index contributed by atoms with van der Waals surface area (Å²) in [7, 11) is 0. The Hall–Kier alpha value is -1.83. The van der Waals surface area contributed by atoms with Crippen LogP contribution < -0.4 is 10.6 Å². The summed E-state index contributed by atoms with van der Waals surface area (Å²) >= 11 is 13.3. The Morgan fingerprint density at radius 2 is 2.03 bits per heavy atom. The van der Waals surface area contributed by atoms with Crippen LogP contribution in [0.2, 0.25) is 5.02 Å². The number of benzene rings is 2. The number of aromatic hydroxyl groups is 1. The first-order valence-corrected chi connectivity index (χ1v) is 12.4. The van der Waals surface area contributed by atoms with Crippen LogP contribution in [-0.2, 0) is 12.8 Å². The van der Waals surface area contributed by atoms with Crippen LogP contribution in [0.5, 0.6) is 5.75 Å². The maximum absolute atomic E-state index is 9.73. The molecule has 1 aromatic heterocycles. The Bertz CT molecular complexity index is 1020. The third kappa shape index (κ3) is 7.37. The van der Waals surface area contributed by atoms with E-state index in [2.05, 4.69) is 71.5 Å². The third-order valence-corrected chi connectivity index (χ3v) is 6.35. The number of aromatic nitrogens is 2. The quantitative estimate of drug-likeness (QED) is 0.231. The van der Waals surface area contributed by atoms with Gasteiger partial charge in [-0.15, -0.1) is 0 Å². The first kappa shape index (κ1) is 23.8. The van der Waals surface area contributed by atoms with E-state index in [-0.39, 0.29) is 5.75 Å². The molecule has 0 bridgehead atoms. The molecule has 0 aliphatic heterocycles. The number of halogens is 3. The lowest BCUT2D eigenvalue weighted by molar-refractivity contribution is 0.473. The molecule has 0 amide bonds. The second-order valence-electron chi connectivity index (χ2n) is 7.47. The van der Waals surface area contributed by atoms with E-state index in [9.17, 15) is 5.11 Å². The maximum Gasteiger partial charge on any atom is 0.229 e. The number of hydrogen-bond acceptors (Lipinski definition) is 5. The van der Waals surface area contributed by atoms with Crippen molar-refractivity contribution in [1.82, 2.24) is 9.97 Å². The van der Waals surface area contributed by atoms with E-state index in [1.54, 1.807) is 18.3 Å². The Morgan fingerprint density at radius 1 is 1.19 bits per heavy atom. The third-order valence-electron chi connectivity index (χ3n) is 4.74. The highest BCUT2D eigenvalue weighted by molar-refractivity contribution is 9.10. The summed E-state index contributed by atoms with van der Waals surface area (Å²) in [4.78, 5) is 8.85. The highest BCUT2D eigenvalue weighted by Crippen LogP contribution is 2.26. The minimum atomic E-state index is 0.268. The molecule has 3 rings (SSSR count). The van der Waals surface area contributed by atoms with Gasteiger partial charge < -0.3 is 15.7 Å². The molecule has 0 radical (unpaired) electrons. The fourth-order valence-electron chi connectivity index (χ4n) is 3.19. The van der Waals surface area contributed by atoms with Crippen LogP contribution in [0.3, 0.4) is 0 Å². The van der Waals surface area contributed by atoms with Crippen molar-refractivity contribution in [3.63, 3.8) is 0 Å². The van der Waals surface area contributed by atoms with Gasteiger partial charge >= 0.3 is 0 Å². The van der Waals surface area contributed by atoms with Crippen molar-refractivity contribution in [3.05, 3.63) is 69.3 Å². The summed E-state index contributed by atoms with van der Waals surface area (Å²) in [5, 5.41) is 17.8. The number of nitrogens with zero attached hydrogens (tertiary/aromatic N) is 2. The number of phenols is 1. The predicted octanol–water partition coefficient (Wildman–Crippen LogP) is 6.96. The van der Waals surface area contributed by atoms with E-state index in [0.717, 1.165) is 40.3 Å². The number of anilines is 3. The van der Waals surface area contributed by atoms with Gasteiger partial charge in [0, 0.05) is 22.0 Å². The zero-order valence-corrected chi connectivity index (χ0v) is 21.1. The molecule has 0 saturated carbocycles. The fourth-order valence-corrected chi connectivity index (χ4v) is 4.04. The molecular weight excluding hydrogens is 544 g/mol. The molecule has 31 heavy (non-hydrogen) atoms. The van der Waals surface area contributed by atoms with Gasteiger partial charge in [0.2, 0.25) is 5.95 Å². The van der Waals surface area contributed by atoms with Gasteiger partial charge in [0.15, 0.2) is 5.82 Å². The monoisotopic (exact) mass is 566 g/mol. The molecule has 5 nitrogen and oxygen atoms in total. The van der Waals surface area contributed by atoms with Gasteiger partial charge in [0.25, 0.3) is 0 Å². The van der Waals surface area contributed by atoms with Crippen molar-refractivity contribution in [1.29, 1.82) is 0 Å². The molecule has 0 saturated heterocycles. The van der Waals surface area contributed by atoms with E-state index in [4.69, 9.17) is 11.6 Å². The Balaban J connectivity index is 1.62. The summed E-state index contributed by atoms with van der Waals surface area (Å²) in [5.74, 6) is 1.65. The number of alkyl halides is 1. The van der Waals surface area contributed by atoms with E-state index in [1.165, 1.54) is 5.56 Å². The van der Waals surface area contributed by atoms with Crippen molar-refractivity contribution in [3.8, 4) is 5.75 Å². The summed E-state index contributed by atoms with van der Waals surface area (Å²) in [6.07, 6.45) is 4.51. The van der Waals surface area contributed by atoms with Gasteiger partial charge in [0.05, 0.1) is 6.20 Å². The van der Waals surface area contributed by atoms with Crippen LogP contribution in [0.4, 0.5) is 17.5 Å². The second-order valence-corrected chi connectivity index (χ2v) is 9.53. The van der Waals surface area contributed by atoms with E-state index < -0.39 is 0 Å². The molecule has 1 atom stereocenters. The molecular formula is C23H25Br2ClN4O. The summed E-state index contributed by atoms with van der Waals surface area (Å²) < 4.78 is 0.988. The second kappa shape index (κ2) is 11.7. The molecule has 1 heterocycles. The van der Waals surface area contributed by atoms with Crippen LogP contribution in [0.15, 0.2) is 53.1 Å². The van der Waals surface area contributed by atoms with E-state index in [1.807, 2.05) is 18.2 Å². The van der Waals surface area contributed by atoms with Gasteiger partial charge in [-0.3, -0.25) is 0 Å². The zero-order chi connectivity index (χ0) is 22.2. The minimum Gasteiger partial charge on any atom is -0.508 e. The highest BCUT2D eigenvalue weighted by atomic mass is 79.9. The van der Waals surface area contributed by atoms with Crippen molar-refractivity contribution in [2.24, 2.45) is 5.92 Å². The van der Waals surface area contributed by atoms with Crippen molar-refractivity contribution in [2.75, 3.05) is 22.5 Å². The van der Waals surface area contributed by atoms with Gasteiger partial charge in [-0.2, -0.15) is 4.98 Å². The summed E-state index contributed by atoms with van der Waals surface area (Å²) in [5.41, 5.74) is 3.27. The summed E-state index contributed by atoms with van der Waals surface area (Å²) in [6, 6.07) is 13.6. The number of rotatable bonds is 10. The Kier molecular flexibility index (Phi) is 8.99. The molecule has 0 fully saturated rings. The van der Waals surface area contributed by atoms with Crippen LogP contribution in [0, 0.1) is 5.92 Å². The van der Waals surface area contributed by atoms with Crippen molar-refractivity contribution < 1.29 is 5.11 Å². The maximum atomic E-state index is 9.73. The molecule has 0 aliphatic carbocycles. The lowest BCUT2D eigenvalue weighted by Gasteiger charge is -2.16. The Morgan fingerprint density at radius 3 is 2.84 bits per heavy atom. The van der Waals surface area contributed by atoms with Gasteiger partial charge in [0.1, 0.15) is 10.8 Å². The molecule has 164 valence electrons. The molecule has 3 aromatic rings. The van der Waals surface area contributed by atoms with E-state index in [0.29, 0.717) is 29.3 Å². The number of hydrogen-bond donors (Lipinski definition) is 3. The fraction of sp³-hybridized carbons (Fsp3) is 0.304. The Labute approximate surface area is 204 Å². The molecule has 2 aromatic carbocycles. The van der Waals surface area contributed by atoms with Gasteiger partial charge in [-0.25, -0.2) is 4.98 Å². The topological polar surface area (TPSA) is 70.1 Å². The van der Waals surface area contributed by atoms with Crippen LogP contribution in [-0.4, -0.2) is 26.9 Å². The van der Waals surface area contributed by atoms with Crippen molar-refractivity contribution >= 4 is 60.9 Å². The molecule has 3 N–H and O–H groups in total. The molecule has 0 spiro atoms. The minimum absolute atomic E-state index is 0.268.